The third kappa shape index (κ3) is 4.10. The number of hydrogen-bond donors (Lipinski definition) is 0. The number of ether oxygens (including phenoxy) is 1. The maximum absolute atomic E-state index is 13.7. The molecule has 0 amide bonds. The molecule has 1 aromatic carbocycles. The largest absolute Gasteiger partial charge is 0.494 e. The summed E-state index contributed by atoms with van der Waals surface area (Å²) >= 11 is 6.45. The van der Waals surface area contributed by atoms with Crippen molar-refractivity contribution in [3.8, 4) is 5.75 Å². The first-order valence-electron chi connectivity index (χ1n) is 7.18. The van der Waals surface area contributed by atoms with Crippen LogP contribution in [0.5, 0.6) is 5.75 Å². The molecule has 1 nitrogen and oxygen atoms in total. The molecule has 2 rings (SSSR count). The molecule has 1 saturated carbocycles. The maximum atomic E-state index is 13.7. The van der Waals surface area contributed by atoms with Gasteiger partial charge < -0.3 is 4.74 Å². The topological polar surface area (TPSA) is 9.23 Å². The molecule has 0 bridgehead atoms. The Labute approximate surface area is 120 Å². The number of halogens is 2. The highest BCUT2D eigenvalue weighted by molar-refractivity contribution is 6.20. The predicted molar refractivity (Wildman–Crippen MR) is 77.4 cm³/mol. The average molecular weight is 285 g/mol. The van der Waals surface area contributed by atoms with Crippen molar-refractivity contribution in [1.82, 2.24) is 0 Å². The quantitative estimate of drug-likeness (QED) is 0.526. The zero-order valence-corrected chi connectivity index (χ0v) is 12.3. The number of methoxy groups -OCH3 is 1. The summed E-state index contributed by atoms with van der Waals surface area (Å²) < 4.78 is 18.6. The zero-order valence-electron chi connectivity index (χ0n) is 11.5. The molecule has 0 aliphatic heterocycles. The van der Waals surface area contributed by atoms with Crippen LogP contribution in [0.3, 0.4) is 0 Å². The molecule has 1 aromatic rings. The van der Waals surface area contributed by atoms with Crippen LogP contribution < -0.4 is 4.74 Å². The van der Waals surface area contributed by atoms with Crippen molar-refractivity contribution in [2.45, 2.75) is 50.3 Å². The highest BCUT2D eigenvalue weighted by Crippen LogP contribution is 2.35. The van der Waals surface area contributed by atoms with Gasteiger partial charge in [-0.1, -0.05) is 44.6 Å². The Hall–Kier alpha value is -0.760. The SMILES string of the molecule is COc1ccc(C(Cl)CC2CCCCCC2)cc1F. The second-order valence-electron chi connectivity index (χ2n) is 5.45. The van der Waals surface area contributed by atoms with Gasteiger partial charge in [-0.05, 0) is 30.0 Å². The molecule has 0 spiro atoms. The van der Waals surface area contributed by atoms with Gasteiger partial charge in [0.05, 0.1) is 12.5 Å². The molecule has 1 fully saturated rings. The monoisotopic (exact) mass is 284 g/mol. The van der Waals surface area contributed by atoms with Crippen molar-refractivity contribution < 1.29 is 9.13 Å². The van der Waals surface area contributed by atoms with E-state index >= 15 is 0 Å². The lowest BCUT2D eigenvalue weighted by molar-refractivity contribution is 0.385. The molecule has 0 radical (unpaired) electrons. The van der Waals surface area contributed by atoms with E-state index in [1.165, 1.54) is 51.7 Å². The molecular weight excluding hydrogens is 263 g/mol. The Morgan fingerprint density at radius 1 is 1.26 bits per heavy atom. The summed E-state index contributed by atoms with van der Waals surface area (Å²) in [7, 11) is 1.47. The van der Waals surface area contributed by atoms with Crippen molar-refractivity contribution >= 4 is 11.6 Å². The minimum Gasteiger partial charge on any atom is -0.494 e. The third-order valence-electron chi connectivity index (χ3n) is 4.05. The lowest BCUT2D eigenvalue weighted by Gasteiger charge is -2.18. The van der Waals surface area contributed by atoms with Crippen LogP contribution in [0.25, 0.3) is 0 Å². The minimum absolute atomic E-state index is 0.0940. The van der Waals surface area contributed by atoms with Crippen LogP contribution in [0.4, 0.5) is 4.39 Å². The molecule has 0 heterocycles. The zero-order chi connectivity index (χ0) is 13.7. The molecule has 0 N–H and O–H groups in total. The normalized spacial score (nSPS) is 18.9. The summed E-state index contributed by atoms with van der Waals surface area (Å²) in [5, 5.41) is -0.0940. The van der Waals surface area contributed by atoms with Gasteiger partial charge in [0.15, 0.2) is 11.6 Å². The summed E-state index contributed by atoms with van der Waals surface area (Å²) in [6, 6.07) is 5.04. The van der Waals surface area contributed by atoms with E-state index in [2.05, 4.69) is 0 Å². The average Bonchev–Trinajstić information content (AvgIpc) is 2.67. The molecule has 1 aliphatic carbocycles. The van der Waals surface area contributed by atoms with Crippen LogP contribution in [0.1, 0.15) is 55.9 Å². The summed E-state index contributed by atoms with van der Waals surface area (Å²) in [6.45, 7) is 0. The van der Waals surface area contributed by atoms with Gasteiger partial charge in [-0.15, -0.1) is 11.6 Å². The maximum Gasteiger partial charge on any atom is 0.165 e. The van der Waals surface area contributed by atoms with Crippen LogP contribution in [-0.4, -0.2) is 7.11 Å². The Kier molecular flexibility index (Phi) is 5.50. The number of benzene rings is 1. The molecule has 3 heteroatoms. The predicted octanol–water partition coefficient (Wildman–Crippen LogP) is 5.47. The molecule has 1 aliphatic rings. The fourth-order valence-corrected chi connectivity index (χ4v) is 3.29. The first kappa shape index (κ1) is 14.6. The molecular formula is C16H22ClFO. The van der Waals surface area contributed by atoms with Crippen LogP contribution in [0.15, 0.2) is 18.2 Å². The van der Waals surface area contributed by atoms with E-state index in [4.69, 9.17) is 16.3 Å². The molecule has 19 heavy (non-hydrogen) atoms. The Morgan fingerprint density at radius 3 is 2.53 bits per heavy atom. The lowest BCUT2D eigenvalue weighted by atomic mass is 9.92. The van der Waals surface area contributed by atoms with Crippen molar-refractivity contribution in [2.24, 2.45) is 5.92 Å². The second-order valence-corrected chi connectivity index (χ2v) is 5.98. The number of rotatable bonds is 4. The van der Waals surface area contributed by atoms with Crippen LogP contribution in [-0.2, 0) is 0 Å². The Morgan fingerprint density at radius 2 is 1.95 bits per heavy atom. The Bertz CT molecular complexity index is 400. The van der Waals surface area contributed by atoms with Gasteiger partial charge in [0.1, 0.15) is 0 Å². The standard InChI is InChI=1S/C16H22ClFO/c1-19-16-9-8-13(11-15(16)18)14(17)10-12-6-4-2-3-5-7-12/h8-9,11-12,14H,2-7,10H2,1H3. The van der Waals surface area contributed by atoms with Gasteiger partial charge in [0, 0.05) is 0 Å². The van der Waals surface area contributed by atoms with Gasteiger partial charge >= 0.3 is 0 Å². The first-order valence-corrected chi connectivity index (χ1v) is 7.62. The fourth-order valence-electron chi connectivity index (χ4n) is 2.91. The van der Waals surface area contributed by atoms with E-state index in [0.717, 1.165) is 12.0 Å². The van der Waals surface area contributed by atoms with E-state index in [9.17, 15) is 4.39 Å². The van der Waals surface area contributed by atoms with Crippen LogP contribution >= 0.6 is 11.6 Å². The van der Waals surface area contributed by atoms with Crippen molar-refractivity contribution in [2.75, 3.05) is 7.11 Å². The van der Waals surface area contributed by atoms with Gasteiger partial charge in [-0.25, -0.2) is 4.39 Å². The van der Waals surface area contributed by atoms with Gasteiger partial charge in [-0.3, -0.25) is 0 Å². The number of hydrogen-bond acceptors (Lipinski definition) is 1. The minimum atomic E-state index is -0.327. The summed E-state index contributed by atoms with van der Waals surface area (Å²) in [4.78, 5) is 0. The van der Waals surface area contributed by atoms with Crippen molar-refractivity contribution in [3.05, 3.63) is 29.6 Å². The lowest BCUT2D eigenvalue weighted by Crippen LogP contribution is -2.04. The second kappa shape index (κ2) is 7.14. The van der Waals surface area contributed by atoms with Gasteiger partial charge in [0.25, 0.3) is 0 Å². The highest BCUT2D eigenvalue weighted by atomic mass is 35.5. The van der Waals surface area contributed by atoms with Gasteiger partial charge in [0.2, 0.25) is 0 Å². The van der Waals surface area contributed by atoms with E-state index in [0.29, 0.717) is 5.92 Å². The molecule has 0 saturated heterocycles. The third-order valence-corrected chi connectivity index (χ3v) is 4.48. The smallest absolute Gasteiger partial charge is 0.165 e. The fraction of sp³-hybridized carbons (Fsp3) is 0.625. The van der Waals surface area contributed by atoms with Crippen LogP contribution in [0.2, 0.25) is 0 Å². The highest BCUT2D eigenvalue weighted by Gasteiger charge is 2.18. The van der Waals surface area contributed by atoms with Gasteiger partial charge in [-0.2, -0.15) is 0 Å². The van der Waals surface area contributed by atoms with Crippen molar-refractivity contribution in [1.29, 1.82) is 0 Å². The summed E-state index contributed by atoms with van der Waals surface area (Å²) in [5.41, 5.74) is 0.865. The van der Waals surface area contributed by atoms with Crippen molar-refractivity contribution in [3.63, 3.8) is 0 Å². The molecule has 1 atom stereocenters. The van der Waals surface area contributed by atoms with E-state index in [1.807, 2.05) is 6.07 Å². The van der Waals surface area contributed by atoms with E-state index in [1.54, 1.807) is 6.07 Å². The van der Waals surface area contributed by atoms with Crippen LogP contribution in [0, 0.1) is 11.7 Å². The van der Waals surface area contributed by atoms with E-state index < -0.39 is 0 Å². The summed E-state index contributed by atoms with van der Waals surface area (Å²) in [5.74, 6) is 0.642. The molecule has 1 unspecified atom stereocenters. The number of alkyl halides is 1. The first-order chi connectivity index (χ1) is 9.20. The molecule has 106 valence electrons. The van der Waals surface area contributed by atoms with E-state index in [-0.39, 0.29) is 16.9 Å². The Balaban J connectivity index is 1.98. The summed E-state index contributed by atoms with van der Waals surface area (Å²) in [6.07, 6.45) is 8.80. The molecule has 0 aromatic heterocycles.